The van der Waals surface area contributed by atoms with Gasteiger partial charge in [-0.05, 0) is 83.6 Å². The highest BCUT2D eigenvalue weighted by molar-refractivity contribution is 5.92. The van der Waals surface area contributed by atoms with Crippen LogP contribution in [-0.2, 0) is 13.1 Å². The van der Waals surface area contributed by atoms with Gasteiger partial charge in [-0.2, -0.15) is 13.2 Å². The molecule has 0 bridgehead atoms. The van der Waals surface area contributed by atoms with Crippen LogP contribution in [0.4, 0.5) is 36.2 Å². The quantitative estimate of drug-likeness (QED) is 0.0884. The molecule has 9 nitrogen and oxygen atoms in total. The van der Waals surface area contributed by atoms with Crippen LogP contribution in [-0.4, -0.2) is 50.9 Å². The number of halogens is 3. The summed E-state index contributed by atoms with van der Waals surface area (Å²) in [6.07, 6.45) is 2.53. The Hall–Kier alpha value is -5.17. The normalized spacial score (nSPS) is 11.7. The highest BCUT2D eigenvalue weighted by Crippen LogP contribution is 2.36. The van der Waals surface area contributed by atoms with E-state index in [9.17, 15) is 13.2 Å². The number of alkyl halides is 3. The van der Waals surface area contributed by atoms with Gasteiger partial charge >= 0.3 is 6.18 Å². The first-order valence-electron chi connectivity index (χ1n) is 15.5. The number of nitrogens with zero attached hydrogens (tertiary/aromatic N) is 4. The average molecular weight is 653 g/mol. The molecule has 0 radical (unpaired) electrons. The standard InChI is InChI=1S/C36H35F3N8O/c1-22-28(5-3-7-30(22)46-34-32-26(9-11-42-34)15-24(19-44-32)17-40-13-14-48)29-6-4-8-31(23(29)2)47-35-33-27(10-12-43-35)16-25(20-45-33)18-41-21-36(37,38)39/h3-12,15-16,19-20,40-41,48H,13-14,17-18,21H2,1-2H3,(H,42,46)(H,43,47). The molecule has 4 heterocycles. The van der Waals surface area contributed by atoms with E-state index in [1.807, 2.05) is 49.5 Å². The van der Waals surface area contributed by atoms with E-state index < -0.39 is 12.7 Å². The number of hydrogen-bond acceptors (Lipinski definition) is 9. The van der Waals surface area contributed by atoms with Gasteiger partial charge in [-0.3, -0.25) is 9.97 Å². The van der Waals surface area contributed by atoms with E-state index in [-0.39, 0.29) is 13.2 Å². The largest absolute Gasteiger partial charge is 0.401 e. The first-order valence-corrected chi connectivity index (χ1v) is 15.5. The average Bonchev–Trinajstić information content (AvgIpc) is 3.06. The molecule has 0 aliphatic carbocycles. The van der Waals surface area contributed by atoms with Crippen LogP contribution >= 0.6 is 0 Å². The van der Waals surface area contributed by atoms with Crippen molar-refractivity contribution in [2.45, 2.75) is 33.1 Å². The van der Waals surface area contributed by atoms with Gasteiger partial charge in [0.05, 0.1) is 13.2 Å². The summed E-state index contributed by atoms with van der Waals surface area (Å²) in [5.74, 6) is 1.21. The van der Waals surface area contributed by atoms with Gasteiger partial charge in [0.1, 0.15) is 11.0 Å². The third-order valence-corrected chi connectivity index (χ3v) is 8.05. The van der Waals surface area contributed by atoms with Crippen molar-refractivity contribution in [3.05, 3.63) is 108 Å². The number of fused-ring (bicyclic) bond motifs is 2. The fraction of sp³-hybridized carbons (Fsp3) is 0.222. The maximum atomic E-state index is 12.6. The summed E-state index contributed by atoms with van der Waals surface area (Å²) in [6, 6.07) is 19.8. The number of pyridine rings is 4. The number of rotatable bonds is 12. The summed E-state index contributed by atoms with van der Waals surface area (Å²) in [4.78, 5) is 18.3. The van der Waals surface area contributed by atoms with Gasteiger partial charge in [0, 0.05) is 66.6 Å². The maximum absolute atomic E-state index is 12.6. The zero-order valence-electron chi connectivity index (χ0n) is 26.5. The lowest BCUT2D eigenvalue weighted by Gasteiger charge is -2.18. The minimum Gasteiger partial charge on any atom is -0.395 e. The highest BCUT2D eigenvalue weighted by atomic mass is 19.4. The Bertz CT molecular complexity index is 2070. The van der Waals surface area contributed by atoms with Gasteiger partial charge in [0.2, 0.25) is 0 Å². The Kier molecular flexibility index (Phi) is 9.76. The number of aromatic nitrogens is 4. The molecule has 6 rings (SSSR count). The molecule has 4 aromatic heterocycles. The van der Waals surface area contributed by atoms with Crippen LogP contribution in [0.25, 0.3) is 32.9 Å². The van der Waals surface area contributed by atoms with Crippen LogP contribution in [0.5, 0.6) is 0 Å². The predicted molar refractivity (Wildman–Crippen MR) is 184 cm³/mol. The fourth-order valence-electron chi connectivity index (χ4n) is 5.63. The van der Waals surface area contributed by atoms with Crippen LogP contribution in [0.15, 0.2) is 85.5 Å². The Balaban J connectivity index is 1.24. The lowest BCUT2D eigenvalue weighted by Crippen LogP contribution is -2.28. The van der Waals surface area contributed by atoms with Crippen molar-refractivity contribution in [3.8, 4) is 11.1 Å². The van der Waals surface area contributed by atoms with E-state index in [4.69, 9.17) is 5.11 Å². The number of benzene rings is 2. The summed E-state index contributed by atoms with van der Waals surface area (Å²) < 4.78 is 37.7. The van der Waals surface area contributed by atoms with Crippen molar-refractivity contribution in [1.82, 2.24) is 30.6 Å². The lowest BCUT2D eigenvalue weighted by molar-refractivity contribution is -0.125. The van der Waals surface area contributed by atoms with Crippen molar-refractivity contribution in [2.24, 2.45) is 0 Å². The number of aliphatic hydroxyl groups excluding tert-OH is 1. The molecule has 0 fully saturated rings. The zero-order valence-corrected chi connectivity index (χ0v) is 26.5. The number of anilines is 4. The Labute approximate surface area is 275 Å². The summed E-state index contributed by atoms with van der Waals surface area (Å²) in [5.41, 5.74) is 8.94. The second-order valence-corrected chi connectivity index (χ2v) is 11.5. The van der Waals surface area contributed by atoms with E-state index in [0.29, 0.717) is 35.8 Å². The van der Waals surface area contributed by atoms with Crippen LogP contribution < -0.4 is 21.3 Å². The van der Waals surface area contributed by atoms with E-state index in [1.165, 1.54) is 0 Å². The van der Waals surface area contributed by atoms with Crippen LogP contribution in [0.2, 0.25) is 0 Å². The summed E-state index contributed by atoms with van der Waals surface area (Å²) >= 11 is 0. The zero-order chi connectivity index (χ0) is 33.7. The lowest BCUT2D eigenvalue weighted by atomic mass is 9.94. The van der Waals surface area contributed by atoms with Crippen molar-refractivity contribution in [2.75, 3.05) is 30.3 Å². The van der Waals surface area contributed by atoms with Gasteiger partial charge in [-0.25, -0.2) is 9.97 Å². The molecule has 12 heteroatoms. The van der Waals surface area contributed by atoms with Crippen LogP contribution in [0, 0.1) is 13.8 Å². The second-order valence-electron chi connectivity index (χ2n) is 11.5. The van der Waals surface area contributed by atoms with E-state index >= 15 is 0 Å². The van der Waals surface area contributed by atoms with Crippen molar-refractivity contribution < 1.29 is 18.3 Å². The first kappa shape index (κ1) is 32.8. The minimum atomic E-state index is -4.27. The Morgan fingerprint density at radius 1 is 0.667 bits per heavy atom. The number of aliphatic hydroxyl groups is 1. The smallest absolute Gasteiger partial charge is 0.395 e. The molecule has 0 atom stereocenters. The molecule has 0 aliphatic rings. The van der Waals surface area contributed by atoms with Gasteiger partial charge in [0.15, 0.2) is 11.6 Å². The molecule has 0 aliphatic heterocycles. The molecule has 0 amide bonds. The molecule has 6 aromatic rings. The molecular weight excluding hydrogens is 617 g/mol. The van der Waals surface area contributed by atoms with Gasteiger partial charge in [-0.15, -0.1) is 0 Å². The van der Waals surface area contributed by atoms with Crippen molar-refractivity contribution in [3.63, 3.8) is 0 Å². The van der Waals surface area contributed by atoms with Crippen LogP contribution in [0.3, 0.4) is 0 Å². The monoisotopic (exact) mass is 652 g/mol. The SMILES string of the molecule is Cc1c(Nc2nccc3cc(CNCCO)cnc23)cccc1-c1cccc(Nc2nccc3cc(CNCC(F)(F)F)cnc23)c1C. The van der Waals surface area contributed by atoms with E-state index in [1.54, 1.807) is 24.7 Å². The molecular formula is C36H35F3N8O. The van der Waals surface area contributed by atoms with Gasteiger partial charge in [0.25, 0.3) is 0 Å². The molecule has 48 heavy (non-hydrogen) atoms. The van der Waals surface area contributed by atoms with Crippen molar-refractivity contribution >= 4 is 44.8 Å². The topological polar surface area (TPSA) is 120 Å². The molecule has 5 N–H and O–H groups in total. The third-order valence-electron chi connectivity index (χ3n) is 8.05. The van der Waals surface area contributed by atoms with Crippen molar-refractivity contribution in [1.29, 1.82) is 0 Å². The highest BCUT2D eigenvalue weighted by Gasteiger charge is 2.26. The Morgan fingerprint density at radius 2 is 1.17 bits per heavy atom. The number of hydrogen-bond donors (Lipinski definition) is 5. The van der Waals surface area contributed by atoms with Crippen LogP contribution in [0.1, 0.15) is 22.3 Å². The van der Waals surface area contributed by atoms with Gasteiger partial charge in [-0.1, -0.05) is 24.3 Å². The molecule has 246 valence electrons. The Morgan fingerprint density at radius 3 is 1.65 bits per heavy atom. The second kappa shape index (κ2) is 14.3. The van der Waals surface area contributed by atoms with Gasteiger partial charge < -0.3 is 26.4 Å². The number of nitrogens with one attached hydrogen (secondary N) is 4. The third kappa shape index (κ3) is 7.52. The minimum absolute atomic E-state index is 0.0554. The first-order chi connectivity index (χ1) is 23.2. The summed E-state index contributed by atoms with van der Waals surface area (Å²) in [5, 5.41) is 23.3. The maximum Gasteiger partial charge on any atom is 0.401 e. The molecule has 0 unspecified atom stereocenters. The van der Waals surface area contributed by atoms with E-state index in [2.05, 4.69) is 66.3 Å². The molecule has 0 spiro atoms. The molecule has 0 saturated heterocycles. The molecule has 2 aromatic carbocycles. The van der Waals surface area contributed by atoms with E-state index in [0.717, 1.165) is 55.5 Å². The predicted octanol–water partition coefficient (Wildman–Crippen LogP) is 7.08. The summed E-state index contributed by atoms with van der Waals surface area (Å²) in [7, 11) is 0. The summed E-state index contributed by atoms with van der Waals surface area (Å²) in [6.45, 7) is 4.32. The fourth-order valence-corrected chi connectivity index (χ4v) is 5.63. The molecule has 0 saturated carbocycles.